The molecule has 2 nitrogen and oxygen atoms in total. The van der Waals surface area contributed by atoms with Gasteiger partial charge >= 0.3 is 6.18 Å². The third kappa shape index (κ3) is 7.00. The van der Waals surface area contributed by atoms with Gasteiger partial charge in [-0.3, -0.25) is 0 Å². The molecule has 0 spiro atoms. The van der Waals surface area contributed by atoms with Crippen molar-refractivity contribution in [3.05, 3.63) is 23.8 Å². The van der Waals surface area contributed by atoms with Gasteiger partial charge < -0.3 is 9.80 Å². The van der Waals surface area contributed by atoms with Crippen LogP contribution in [0.25, 0.3) is 0 Å². The molecule has 7 heteroatoms. The molecule has 33 heavy (non-hydrogen) atoms. The van der Waals surface area contributed by atoms with E-state index in [0.29, 0.717) is 6.67 Å². The van der Waals surface area contributed by atoms with E-state index in [0.717, 1.165) is 23.9 Å². The molecule has 0 bridgehead atoms. The topological polar surface area (TPSA) is 6.48 Å². The summed E-state index contributed by atoms with van der Waals surface area (Å²) in [6.07, 6.45) is -2.65. The van der Waals surface area contributed by atoms with E-state index in [2.05, 4.69) is 92.9 Å². The number of fused-ring (bicyclic) bond motifs is 1. The second-order valence-electron chi connectivity index (χ2n) is 13.2. The number of benzene rings is 1. The third-order valence-corrected chi connectivity index (χ3v) is 13.9. The molecule has 1 aliphatic rings. The molecule has 0 amide bonds. The lowest BCUT2D eigenvalue weighted by atomic mass is 10.1. The van der Waals surface area contributed by atoms with Gasteiger partial charge in [0.2, 0.25) is 0 Å². The number of hydrogen-bond acceptors (Lipinski definition) is 2. The summed E-state index contributed by atoms with van der Waals surface area (Å²) in [5, 5.41) is 0.505. The Hall–Kier alpha value is -0.530. The third-order valence-electron chi connectivity index (χ3n) is 6.19. The number of hydrogen-bond donors (Lipinski definition) is 0. The van der Waals surface area contributed by atoms with Gasteiger partial charge in [0, 0.05) is 12.6 Å². The van der Waals surface area contributed by atoms with Crippen LogP contribution in [0.15, 0.2) is 18.2 Å². The second kappa shape index (κ2) is 9.16. The van der Waals surface area contributed by atoms with Gasteiger partial charge in [-0.15, -0.1) is 0 Å². The SMILES string of the molecule is CC(C)(C)P(CN1CN(CP(C(C)(C)C)C(C)(C)C)c2cc(C(F)(F)F)ccc21)C(C)(C)C. The van der Waals surface area contributed by atoms with Crippen LogP contribution in [0.3, 0.4) is 0 Å². The van der Waals surface area contributed by atoms with Crippen LogP contribution in [0.5, 0.6) is 0 Å². The summed E-state index contributed by atoms with van der Waals surface area (Å²) in [7, 11) is -0.888. The maximum absolute atomic E-state index is 13.6. The van der Waals surface area contributed by atoms with Crippen molar-refractivity contribution in [1.29, 1.82) is 0 Å². The minimum atomic E-state index is -4.34. The lowest BCUT2D eigenvalue weighted by Crippen LogP contribution is -2.38. The molecule has 190 valence electrons. The van der Waals surface area contributed by atoms with Crippen molar-refractivity contribution in [2.75, 3.05) is 29.0 Å². The smallest absolute Gasteiger partial charge is 0.348 e. The van der Waals surface area contributed by atoms with Crippen molar-refractivity contribution in [2.45, 2.75) is 110 Å². The molecular formula is C26H45F3N2P2. The van der Waals surface area contributed by atoms with Crippen LogP contribution in [0, 0.1) is 0 Å². The first kappa shape index (κ1) is 28.7. The number of halogens is 3. The molecule has 0 atom stereocenters. The zero-order valence-electron chi connectivity index (χ0n) is 22.8. The molecule has 1 aromatic rings. The zero-order chi connectivity index (χ0) is 25.8. The van der Waals surface area contributed by atoms with Gasteiger partial charge in [-0.25, -0.2) is 0 Å². The Balaban J connectivity index is 2.53. The maximum Gasteiger partial charge on any atom is 0.416 e. The Kier molecular flexibility index (Phi) is 7.97. The monoisotopic (exact) mass is 504 g/mol. The van der Waals surface area contributed by atoms with Gasteiger partial charge in [-0.05, 0) is 38.8 Å². The van der Waals surface area contributed by atoms with E-state index in [1.54, 1.807) is 6.07 Å². The first-order valence-electron chi connectivity index (χ1n) is 11.8. The average Bonchev–Trinajstić information content (AvgIpc) is 2.89. The van der Waals surface area contributed by atoms with Crippen molar-refractivity contribution in [2.24, 2.45) is 0 Å². The Morgan fingerprint density at radius 2 is 1.00 bits per heavy atom. The van der Waals surface area contributed by atoms with Crippen molar-refractivity contribution in [1.82, 2.24) is 0 Å². The van der Waals surface area contributed by atoms with Crippen molar-refractivity contribution in [3.63, 3.8) is 0 Å². The fraction of sp³-hybridized carbons (Fsp3) is 0.769. The number of anilines is 2. The summed E-state index contributed by atoms with van der Waals surface area (Å²) in [5.41, 5.74) is 1.13. The molecule has 0 fully saturated rings. The van der Waals surface area contributed by atoms with Crippen molar-refractivity contribution >= 4 is 27.2 Å². The quantitative estimate of drug-likeness (QED) is 0.377. The van der Waals surface area contributed by atoms with Crippen LogP contribution in [0.4, 0.5) is 24.5 Å². The molecule has 1 aromatic carbocycles. The average molecular weight is 505 g/mol. The number of alkyl halides is 3. The normalized spacial score (nSPS) is 16.3. The van der Waals surface area contributed by atoms with E-state index >= 15 is 0 Å². The molecule has 2 rings (SSSR count). The molecule has 1 aliphatic heterocycles. The maximum atomic E-state index is 13.6. The lowest BCUT2D eigenvalue weighted by molar-refractivity contribution is -0.137. The molecule has 0 saturated carbocycles. The van der Waals surface area contributed by atoms with E-state index in [1.165, 1.54) is 12.1 Å². The Labute approximate surface area is 203 Å². The summed E-state index contributed by atoms with van der Waals surface area (Å²) >= 11 is 0. The van der Waals surface area contributed by atoms with Crippen LogP contribution in [-0.2, 0) is 6.18 Å². The Bertz CT molecular complexity index is 796. The van der Waals surface area contributed by atoms with E-state index in [-0.39, 0.29) is 20.6 Å². The Morgan fingerprint density at radius 1 is 0.636 bits per heavy atom. The summed E-state index contributed by atoms with van der Waals surface area (Å²) < 4.78 is 40.9. The molecule has 1 heterocycles. The van der Waals surface area contributed by atoms with Gasteiger partial charge in [0.25, 0.3) is 0 Å². The number of nitrogens with zero attached hydrogens (tertiary/aromatic N) is 2. The van der Waals surface area contributed by atoms with Crippen LogP contribution in [0.2, 0.25) is 0 Å². The summed E-state index contributed by atoms with van der Waals surface area (Å²) in [5.74, 6) is 0. The van der Waals surface area contributed by atoms with E-state index in [4.69, 9.17) is 0 Å². The molecule has 0 radical (unpaired) electrons. The fourth-order valence-electron chi connectivity index (χ4n) is 5.02. The number of rotatable bonds is 4. The lowest BCUT2D eigenvalue weighted by Gasteiger charge is -2.45. The van der Waals surface area contributed by atoms with E-state index < -0.39 is 27.6 Å². The molecule has 0 N–H and O–H groups in total. The van der Waals surface area contributed by atoms with Crippen LogP contribution < -0.4 is 9.80 Å². The van der Waals surface area contributed by atoms with E-state index in [9.17, 15) is 13.2 Å². The summed E-state index contributed by atoms with van der Waals surface area (Å²) in [6, 6.07) is 4.33. The summed E-state index contributed by atoms with van der Waals surface area (Å²) in [4.78, 5) is 4.57. The van der Waals surface area contributed by atoms with Gasteiger partial charge in [-0.2, -0.15) is 13.2 Å². The zero-order valence-corrected chi connectivity index (χ0v) is 24.6. The van der Waals surface area contributed by atoms with Gasteiger partial charge in [0.1, 0.15) is 0 Å². The Morgan fingerprint density at radius 3 is 1.33 bits per heavy atom. The van der Waals surface area contributed by atoms with Crippen LogP contribution >= 0.6 is 15.8 Å². The largest absolute Gasteiger partial charge is 0.416 e. The van der Waals surface area contributed by atoms with Crippen LogP contribution in [0.1, 0.15) is 88.6 Å². The van der Waals surface area contributed by atoms with Crippen molar-refractivity contribution < 1.29 is 13.2 Å². The van der Waals surface area contributed by atoms with Gasteiger partial charge in [0.15, 0.2) is 0 Å². The second-order valence-corrected chi connectivity index (χ2v) is 20.9. The standard InChI is InChI=1S/C26H45F3N2P2/c1-22(2,3)32(23(4,5)6)17-30-16-31(18-33(24(7,8)9)25(10,11)12)21-15-19(26(27,28)29)13-14-20(21)30/h13-15H,16-18H2,1-12H3. The highest BCUT2D eigenvalue weighted by atomic mass is 31.1. The molecular weight excluding hydrogens is 459 g/mol. The van der Waals surface area contributed by atoms with E-state index in [1.807, 2.05) is 0 Å². The first-order valence-corrected chi connectivity index (χ1v) is 14.8. The van der Waals surface area contributed by atoms with Gasteiger partial charge in [0.05, 0.1) is 23.6 Å². The molecule has 0 aromatic heterocycles. The highest BCUT2D eigenvalue weighted by molar-refractivity contribution is 7.61. The van der Waals surface area contributed by atoms with Crippen molar-refractivity contribution in [3.8, 4) is 0 Å². The minimum Gasteiger partial charge on any atom is -0.348 e. The molecule has 0 aliphatic carbocycles. The van der Waals surface area contributed by atoms with Crippen LogP contribution in [-0.4, -0.2) is 39.9 Å². The van der Waals surface area contributed by atoms with Gasteiger partial charge in [-0.1, -0.05) is 98.9 Å². The molecule has 0 saturated heterocycles. The fourth-order valence-corrected chi connectivity index (χ4v) is 11.9. The summed E-state index contributed by atoms with van der Waals surface area (Å²) in [6.45, 7) is 28.0. The molecule has 0 unspecified atom stereocenters. The minimum absolute atomic E-state index is 0.103. The predicted molar refractivity (Wildman–Crippen MR) is 144 cm³/mol. The highest BCUT2D eigenvalue weighted by Crippen LogP contribution is 2.62. The highest BCUT2D eigenvalue weighted by Gasteiger charge is 2.42. The first-order chi connectivity index (χ1) is 14.5. The predicted octanol–water partition coefficient (Wildman–Crippen LogP) is 9.36.